The molecule has 0 N–H and O–H groups in total. The molecule has 8 rings (SSSR count). The lowest BCUT2D eigenvalue weighted by Gasteiger charge is -2.18. The van der Waals surface area contributed by atoms with Gasteiger partial charge in [-0.3, -0.25) is 0 Å². The van der Waals surface area contributed by atoms with Gasteiger partial charge in [0.05, 0.1) is 0 Å². The Hall–Kier alpha value is -3.71. The topological polar surface area (TPSA) is 59.3 Å². The van der Waals surface area contributed by atoms with Crippen LogP contribution in [0.3, 0.4) is 0 Å². The van der Waals surface area contributed by atoms with Crippen molar-refractivity contribution in [2.75, 3.05) is 0 Å². The highest BCUT2D eigenvalue weighted by Crippen LogP contribution is 2.42. The van der Waals surface area contributed by atoms with Gasteiger partial charge in [0.1, 0.15) is 22.6 Å². The molecule has 3 aliphatic heterocycles. The van der Waals surface area contributed by atoms with Gasteiger partial charge in [-0.25, -0.2) is 20.0 Å². The van der Waals surface area contributed by atoms with Crippen molar-refractivity contribution in [3.05, 3.63) is 87.8 Å². The molecular weight excluding hydrogens is 419 g/mol. The number of fused-ring (bicyclic) bond motifs is 10. The van der Waals surface area contributed by atoms with E-state index in [0.717, 1.165) is 62.9 Å². The molecule has 0 unspecified atom stereocenters. The van der Waals surface area contributed by atoms with Crippen LogP contribution in [0.2, 0.25) is 0 Å². The van der Waals surface area contributed by atoms with Gasteiger partial charge in [0.2, 0.25) is 0 Å². The molecule has 0 saturated heterocycles. The quantitative estimate of drug-likeness (QED) is 0.380. The van der Waals surface area contributed by atoms with E-state index in [-0.39, 0.29) is 0 Å². The van der Waals surface area contributed by atoms with Crippen LogP contribution in [0.25, 0.3) is 16.8 Å². The molecule has 0 atom stereocenters. The zero-order valence-electron chi connectivity index (χ0n) is 16.8. The minimum Gasteiger partial charge on any atom is -0.319 e. The van der Waals surface area contributed by atoms with Crippen LogP contribution >= 0.6 is 11.5 Å². The minimum atomic E-state index is -0.525. The molecule has 150 valence electrons. The number of hydrogen-bond donors (Lipinski definition) is 0. The van der Waals surface area contributed by atoms with Crippen molar-refractivity contribution in [3.63, 3.8) is 0 Å². The highest BCUT2D eigenvalue weighted by molar-refractivity contribution is 7.05. The first kappa shape index (κ1) is 16.9. The lowest BCUT2D eigenvalue weighted by molar-refractivity contribution is 0.932. The summed E-state index contributed by atoms with van der Waals surface area (Å²) in [4.78, 5) is 20.2. The summed E-state index contributed by atoms with van der Waals surface area (Å²) in [5.74, 6) is 3.03. The van der Waals surface area contributed by atoms with Crippen LogP contribution in [0.15, 0.2) is 74.6 Å². The largest absolute Gasteiger partial charge is 0.499 e. The maximum Gasteiger partial charge on any atom is 0.499 e. The lowest BCUT2D eigenvalue weighted by Crippen LogP contribution is -2.45. The van der Waals surface area contributed by atoms with Crippen molar-refractivity contribution in [2.45, 2.75) is 12.8 Å². The molecule has 0 spiro atoms. The third kappa shape index (κ3) is 1.93. The van der Waals surface area contributed by atoms with E-state index in [1.165, 1.54) is 5.56 Å². The summed E-state index contributed by atoms with van der Waals surface area (Å²) in [5.41, 5.74) is 5.86. The molecule has 2 aromatic heterocycles. The molecule has 8 heteroatoms. The number of halogens is 1. The van der Waals surface area contributed by atoms with Crippen molar-refractivity contribution in [1.29, 1.82) is 0 Å². The second-order valence-electron chi connectivity index (χ2n) is 8.36. The molecule has 1 aliphatic carbocycles. The lowest BCUT2D eigenvalue weighted by atomic mass is 10.0. The fourth-order valence-electron chi connectivity index (χ4n) is 5.26. The van der Waals surface area contributed by atoms with Gasteiger partial charge in [-0.2, -0.15) is 0 Å². The first-order valence-corrected chi connectivity index (χ1v) is 11.1. The van der Waals surface area contributed by atoms with E-state index in [4.69, 9.17) is 31.4 Å². The van der Waals surface area contributed by atoms with Gasteiger partial charge in [0.25, 0.3) is 0 Å². The van der Waals surface area contributed by atoms with Gasteiger partial charge >= 0.3 is 6.40 Å². The highest BCUT2D eigenvalue weighted by atomic mass is 35.5. The average molecular weight is 433 g/mol. The molecule has 0 fully saturated rings. The standard InChI is InChI=1S/C24H14BClN6/c26-25-31-21-15-9-3-5-11-17(15)23(31)30-24-18-12-6-4-10-16(18)22(32(24)25)29-20-14-8-2-1-7-13(14)19(27-20)28-21/h1-3,5-9,11-12H,4,10H2. The maximum atomic E-state index is 7.22. The van der Waals surface area contributed by atoms with Crippen molar-refractivity contribution in [2.24, 2.45) is 20.0 Å². The van der Waals surface area contributed by atoms with Gasteiger partial charge in [-0.15, -0.1) is 11.5 Å². The second-order valence-corrected chi connectivity index (χ2v) is 8.75. The molecule has 4 aromatic rings. The van der Waals surface area contributed by atoms with Crippen molar-refractivity contribution in [3.8, 4) is 0 Å². The molecule has 0 saturated carbocycles. The molecule has 4 bridgehead atoms. The number of amidine groups is 2. The number of aliphatic imine (C=N–C) groups is 2. The predicted molar refractivity (Wildman–Crippen MR) is 127 cm³/mol. The molecule has 5 heterocycles. The van der Waals surface area contributed by atoms with E-state index in [2.05, 4.69) is 36.4 Å². The summed E-state index contributed by atoms with van der Waals surface area (Å²) in [6.45, 7) is 0. The van der Waals surface area contributed by atoms with Crippen LogP contribution in [0.4, 0.5) is 11.6 Å². The number of aromatic nitrogens is 2. The van der Waals surface area contributed by atoms with Gasteiger partial charge < -0.3 is 8.96 Å². The molecule has 0 amide bonds. The van der Waals surface area contributed by atoms with Crippen LogP contribution in [0, 0.1) is 0 Å². The summed E-state index contributed by atoms with van der Waals surface area (Å²) in [7, 11) is 0. The van der Waals surface area contributed by atoms with E-state index in [1.54, 1.807) is 0 Å². The first-order chi connectivity index (χ1) is 15.8. The zero-order chi connectivity index (χ0) is 21.0. The number of hydrogen-bond acceptors (Lipinski definition) is 4. The molecule has 2 aromatic carbocycles. The molecule has 0 radical (unpaired) electrons. The van der Waals surface area contributed by atoms with E-state index in [1.807, 2.05) is 33.2 Å². The fourth-order valence-corrected chi connectivity index (χ4v) is 5.63. The van der Waals surface area contributed by atoms with Gasteiger partial charge in [-0.05, 0) is 12.8 Å². The number of rotatable bonds is 0. The Labute approximate surface area is 187 Å². The Bertz CT molecular complexity index is 1750. The molecule has 32 heavy (non-hydrogen) atoms. The third-order valence-corrected chi connectivity index (χ3v) is 7.08. The SMILES string of the molecule is ClB1n2c3c4c(c2N=C2N=C(N=c5c6ccccc6c(n51)=N3)c1ccccc12)CCC=C4. The number of allylic oxidation sites excluding steroid dienone is 1. The van der Waals surface area contributed by atoms with E-state index < -0.39 is 6.40 Å². The van der Waals surface area contributed by atoms with Gasteiger partial charge in [-0.1, -0.05) is 60.7 Å². The van der Waals surface area contributed by atoms with Crippen molar-refractivity contribution < 1.29 is 0 Å². The Morgan fingerprint density at radius 2 is 1.44 bits per heavy atom. The van der Waals surface area contributed by atoms with Crippen LogP contribution in [0.1, 0.15) is 28.7 Å². The first-order valence-electron chi connectivity index (χ1n) is 10.7. The van der Waals surface area contributed by atoms with Crippen LogP contribution in [-0.4, -0.2) is 27.0 Å². The second kappa shape index (κ2) is 5.75. The Kier molecular flexibility index (Phi) is 3.04. The normalized spacial score (nSPS) is 16.7. The maximum absolute atomic E-state index is 7.22. The number of nitrogens with zero attached hydrogens (tertiary/aromatic N) is 6. The Morgan fingerprint density at radius 3 is 2.22 bits per heavy atom. The molecule has 6 nitrogen and oxygen atoms in total. The van der Waals surface area contributed by atoms with Crippen LogP contribution in [0.5, 0.6) is 0 Å². The fraction of sp³-hybridized carbons (Fsp3) is 0.0833. The summed E-state index contributed by atoms with van der Waals surface area (Å²) < 4.78 is 4.06. The minimum absolute atomic E-state index is 0.525. The highest BCUT2D eigenvalue weighted by Gasteiger charge is 2.37. The summed E-state index contributed by atoms with van der Waals surface area (Å²) in [6.07, 6.45) is 5.71. The Balaban J connectivity index is 1.66. The third-order valence-electron chi connectivity index (χ3n) is 6.69. The average Bonchev–Trinajstić information content (AvgIpc) is 3.45. The van der Waals surface area contributed by atoms with Crippen LogP contribution < -0.4 is 11.0 Å². The van der Waals surface area contributed by atoms with Crippen molar-refractivity contribution in [1.82, 2.24) is 8.96 Å². The monoisotopic (exact) mass is 432 g/mol. The van der Waals surface area contributed by atoms with E-state index >= 15 is 0 Å². The zero-order valence-corrected chi connectivity index (χ0v) is 17.6. The van der Waals surface area contributed by atoms with Gasteiger partial charge in [0, 0.05) is 33.0 Å². The molecular formula is C24H14BClN6. The van der Waals surface area contributed by atoms with E-state index in [0.29, 0.717) is 11.7 Å². The summed E-state index contributed by atoms with van der Waals surface area (Å²) in [5, 5.41) is 2.05. The molecule has 4 aliphatic rings. The summed E-state index contributed by atoms with van der Waals surface area (Å²) in [6, 6.07) is 16.4. The summed E-state index contributed by atoms with van der Waals surface area (Å²) >= 11 is 7.22. The van der Waals surface area contributed by atoms with Crippen molar-refractivity contribution >= 4 is 58.0 Å². The van der Waals surface area contributed by atoms with Crippen LogP contribution in [-0.2, 0) is 6.42 Å². The van der Waals surface area contributed by atoms with Gasteiger partial charge in [0.15, 0.2) is 11.7 Å². The van der Waals surface area contributed by atoms with E-state index in [9.17, 15) is 0 Å². The predicted octanol–water partition coefficient (Wildman–Crippen LogP) is 3.76. The number of benzene rings is 2. The smallest absolute Gasteiger partial charge is 0.319 e. The Morgan fingerprint density at radius 1 is 0.750 bits per heavy atom.